The maximum Gasteiger partial charge on any atom is 0.122 e. The minimum absolute atomic E-state index is 0.0824. The lowest BCUT2D eigenvalue weighted by Gasteiger charge is -2.12. The maximum absolute atomic E-state index is 13.0. The molecule has 1 nitrogen and oxygen atoms in total. The molecule has 0 bridgehead atoms. The van der Waals surface area contributed by atoms with Crippen LogP contribution in [-0.4, -0.2) is 6.29 Å². The highest BCUT2D eigenvalue weighted by atomic mass is 35.5. The van der Waals surface area contributed by atoms with Gasteiger partial charge >= 0.3 is 0 Å². The van der Waals surface area contributed by atoms with Crippen molar-refractivity contribution >= 4 is 17.9 Å². The van der Waals surface area contributed by atoms with Crippen LogP contribution in [0.15, 0.2) is 18.2 Å². The zero-order valence-electron chi connectivity index (χ0n) is 8.84. The highest BCUT2D eigenvalue weighted by Gasteiger charge is 2.11. The Balaban J connectivity index is 2.97. The maximum atomic E-state index is 13.0. The zero-order chi connectivity index (χ0) is 11.4. The average Bonchev–Trinajstić information content (AvgIpc) is 2.17. The Bertz CT molecular complexity index is 349. The third-order valence-corrected chi connectivity index (χ3v) is 2.79. The molecule has 0 aromatic heterocycles. The first-order valence-electron chi connectivity index (χ1n) is 4.93. The summed E-state index contributed by atoms with van der Waals surface area (Å²) in [5, 5.41) is 0.534. The second-order valence-corrected chi connectivity index (χ2v) is 4.11. The van der Waals surface area contributed by atoms with Crippen LogP contribution in [0.1, 0.15) is 43.5 Å². The summed E-state index contributed by atoms with van der Waals surface area (Å²) >= 11 is 6.02. The van der Waals surface area contributed by atoms with Crippen molar-refractivity contribution in [3.05, 3.63) is 34.3 Å². The van der Waals surface area contributed by atoms with Gasteiger partial charge in [-0.15, -0.1) is 0 Å². The van der Waals surface area contributed by atoms with E-state index < -0.39 is 6.17 Å². The Kier molecular flexibility index (Phi) is 4.28. The summed E-state index contributed by atoms with van der Waals surface area (Å²) in [6, 6.07) is 5.14. The van der Waals surface area contributed by atoms with E-state index in [2.05, 4.69) is 0 Å². The normalized spacial score (nSPS) is 14.7. The van der Waals surface area contributed by atoms with E-state index in [4.69, 9.17) is 11.6 Å². The Hall–Kier alpha value is -0.890. The molecule has 0 saturated carbocycles. The molecule has 1 rings (SSSR count). The zero-order valence-corrected chi connectivity index (χ0v) is 9.59. The van der Waals surface area contributed by atoms with Gasteiger partial charge in [0, 0.05) is 11.4 Å². The molecule has 0 radical (unpaired) electrons. The fourth-order valence-electron chi connectivity index (χ4n) is 1.46. The third kappa shape index (κ3) is 3.03. The molecular formula is C12H14ClFO. The van der Waals surface area contributed by atoms with Gasteiger partial charge in [-0.05, 0) is 30.0 Å². The molecule has 0 aliphatic carbocycles. The van der Waals surface area contributed by atoms with Gasteiger partial charge in [0.15, 0.2) is 0 Å². The Labute approximate surface area is 94.3 Å². The minimum atomic E-state index is -1.02. The van der Waals surface area contributed by atoms with Crippen LogP contribution in [0.25, 0.3) is 0 Å². The summed E-state index contributed by atoms with van der Waals surface area (Å²) in [5.74, 6) is 0.0824. The molecule has 3 heteroatoms. The molecular weight excluding hydrogens is 215 g/mol. The first kappa shape index (κ1) is 12.2. The van der Waals surface area contributed by atoms with E-state index in [1.54, 1.807) is 18.2 Å². The van der Waals surface area contributed by atoms with Gasteiger partial charge in [0.25, 0.3) is 0 Å². The van der Waals surface area contributed by atoms with Gasteiger partial charge in [0.1, 0.15) is 12.5 Å². The third-order valence-electron chi connectivity index (χ3n) is 2.46. The number of alkyl halides is 1. The molecule has 0 heterocycles. The fourth-order valence-corrected chi connectivity index (χ4v) is 1.84. The molecule has 1 aromatic rings. The first-order chi connectivity index (χ1) is 7.06. The molecule has 0 spiro atoms. The second kappa shape index (κ2) is 5.26. The van der Waals surface area contributed by atoms with Gasteiger partial charge in [-0.1, -0.05) is 30.7 Å². The summed E-state index contributed by atoms with van der Waals surface area (Å²) < 4.78 is 13.0. The molecule has 15 heavy (non-hydrogen) atoms. The van der Waals surface area contributed by atoms with Crippen molar-refractivity contribution in [1.29, 1.82) is 0 Å². The summed E-state index contributed by atoms with van der Waals surface area (Å²) in [6.07, 6.45) is 0.287. The molecule has 1 aromatic carbocycles. The minimum Gasteiger partial charge on any atom is -0.303 e. The Morgan fingerprint density at radius 2 is 2.13 bits per heavy atom. The van der Waals surface area contributed by atoms with Crippen LogP contribution in [0.5, 0.6) is 0 Å². The van der Waals surface area contributed by atoms with Crippen LogP contribution in [0.3, 0.4) is 0 Å². The lowest BCUT2D eigenvalue weighted by molar-refractivity contribution is -0.108. The molecule has 82 valence electrons. The SMILES string of the molecule is CC(F)c1ccc(C(C)CC=O)c(Cl)c1. The van der Waals surface area contributed by atoms with Crippen molar-refractivity contribution in [2.75, 3.05) is 0 Å². The molecule has 2 unspecified atom stereocenters. The van der Waals surface area contributed by atoms with Crippen LogP contribution in [0.2, 0.25) is 5.02 Å². The number of hydrogen-bond donors (Lipinski definition) is 0. The number of halogens is 2. The van der Waals surface area contributed by atoms with Gasteiger partial charge in [0.2, 0.25) is 0 Å². The number of rotatable bonds is 4. The van der Waals surface area contributed by atoms with E-state index in [0.717, 1.165) is 11.8 Å². The molecule has 0 N–H and O–H groups in total. The first-order valence-corrected chi connectivity index (χ1v) is 5.31. The van der Waals surface area contributed by atoms with Crippen molar-refractivity contribution in [3.8, 4) is 0 Å². The van der Waals surface area contributed by atoms with Crippen molar-refractivity contribution in [1.82, 2.24) is 0 Å². The monoisotopic (exact) mass is 228 g/mol. The molecule has 0 saturated heterocycles. The second-order valence-electron chi connectivity index (χ2n) is 3.70. The lowest BCUT2D eigenvalue weighted by Crippen LogP contribution is -1.97. The molecule has 2 atom stereocenters. The van der Waals surface area contributed by atoms with Crippen LogP contribution in [0, 0.1) is 0 Å². The van der Waals surface area contributed by atoms with Gasteiger partial charge in [0.05, 0.1) is 0 Å². The molecule has 0 aliphatic heterocycles. The van der Waals surface area contributed by atoms with Crippen molar-refractivity contribution in [2.45, 2.75) is 32.4 Å². The lowest BCUT2D eigenvalue weighted by atomic mass is 9.96. The summed E-state index contributed by atoms with van der Waals surface area (Å²) in [5.41, 5.74) is 1.47. The van der Waals surface area contributed by atoms with Gasteiger partial charge in [-0.2, -0.15) is 0 Å². The molecule has 0 aliphatic rings. The number of carbonyl (C=O) groups is 1. The van der Waals surface area contributed by atoms with Gasteiger partial charge in [-0.3, -0.25) is 0 Å². The van der Waals surface area contributed by atoms with E-state index in [-0.39, 0.29) is 5.92 Å². The van der Waals surface area contributed by atoms with Crippen molar-refractivity contribution < 1.29 is 9.18 Å². The van der Waals surface area contributed by atoms with E-state index in [1.807, 2.05) is 6.92 Å². The van der Waals surface area contributed by atoms with Crippen molar-refractivity contribution in [3.63, 3.8) is 0 Å². The highest BCUT2D eigenvalue weighted by molar-refractivity contribution is 6.31. The number of hydrogen-bond acceptors (Lipinski definition) is 1. The fraction of sp³-hybridized carbons (Fsp3) is 0.417. The van der Waals surface area contributed by atoms with E-state index >= 15 is 0 Å². The largest absolute Gasteiger partial charge is 0.303 e. The van der Waals surface area contributed by atoms with Gasteiger partial charge in [-0.25, -0.2) is 4.39 Å². The van der Waals surface area contributed by atoms with Crippen LogP contribution < -0.4 is 0 Å². The predicted molar refractivity (Wildman–Crippen MR) is 60.1 cm³/mol. The van der Waals surface area contributed by atoms with E-state index in [9.17, 15) is 9.18 Å². The summed E-state index contributed by atoms with van der Waals surface area (Å²) in [6.45, 7) is 3.40. The highest BCUT2D eigenvalue weighted by Crippen LogP contribution is 2.29. The van der Waals surface area contributed by atoms with E-state index in [1.165, 1.54) is 6.92 Å². The number of aldehydes is 1. The predicted octanol–water partition coefficient (Wildman–Crippen LogP) is 4.06. The smallest absolute Gasteiger partial charge is 0.122 e. The van der Waals surface area contributed by atoms with E-state index in [0.29, 0.717) is 17.0 Å². The van der Waals surface area contributed by atoms with Crippen LogP contribution >= 0.6 is 11.6 Å². The Morgan fingerprint density at radius 3 is 2.60 bits per heavy atom. The standard InChI is InChI=1S/C12H14ClFO/c1-8(5-6-15)11-4-3-10(9(2)14)7-12(11)13/h3-4,6-9H,5H2,1-2H3. The average molecular weight is 229 g/mol. The summed E-state index contributed by atoms with van der Waals surface area (Å²) in [7, 11) is 0. The quantitative estimate of drug-likeness (QED) is 0.711. The summed E-state index contributed by atoms with van der Waals surface area (Å²) in [4.78, 5) is 10.4. The van der Waals surface area contributed by atoms with Crippen LogP contribution in [-0.2, 0) is 4.79 Å². The number of carbonyl (C=O) groups excluding carboxylic acids is 1. The Morgan fingerprint density at radius 1 is 1.47 bits per heavy atom. The number of benzene rings is 1. The van der Waals surface area contributed by atoms with Crippen molar-refractivity contribution in [2.24, 2.45) is 0 Å². The van der Waals surface area contributed by atoms with Gasteiger partial charge < -0.3 is 4.79 Å². The topological polar surface area (TPSA) is 17.1 Å². The molecule has 0 amide bonds. The van der Waals surface area contributed by atoms with Crippen LogP contribution in [0.4, 0.5) is 4.39 Å². The molecule has 0 fully saturated rings.